The number of nitrogens with zero attached hydrogens (tertiary/aromatic N) is 2. The number of oxazole rings is 1. The molecule has 112 valence electrons. The van der Waals surface area contributed by atoms with Crippen LogP contribution >= 0.6 is 11.6 Å². The molecule has 0 spiro atoms. The van der Waals surface area contributed by atoms with E-state index < -0.39 is 0 Å². The highest BCUT2D eigenvalue weighted by Crippen LogP contribution is 2.19. The van der Waals surface area contributed by atoms with E-state index in [1.165, 1.54) is 12.1 Å². The smallest absolute Gasteiger partial charge is 0.226 e. The van der Waals surface area contributed by atoms with Crippen LogP contribution in [0, 0.1) is 5.82 Å². The number of halogens is 2. The normalized spacial score (nSPS) is 10.6. The number of pyridine rings is 1. The third-order valence-electron chi connectivity index (χ3n) is 3.08. The Morgan fingerprint density at radius 3 is 2.77 bits per heavy atom. The highest BCUT2D eigenvalue weighted by atomic mass is 35.5. The first-order valence-electron chi connectivity index (χ1n) is 6.76. The van der Waals surface area contributed by atoms with E-state index in [2.05, 4.69) is 15.3 Å². The van der Waals surface area contributed by atoms with Crippen molar-refractivity contribution < 1.29 is 8.81 Å². The van der Waals surface area contributed by atoms with Crippen molar-refractivity contribution in [2.45, 2.75) is 6.42 Å². The van der Waals surface area contributed by atoms with Gasteiger partial charge in [0.25, 0.3) is 0 Å². The van der Waals surface area contributed by atoms with E-state index in [0.717, 1.165) is 16.9 Å². The third kappa shape index (κ3) is 3.62. The first-order valence-corrected chi connectivity index (χ1v) is 7.14. The summed E-state index contributed by atoms with van der Waals surface area (Å²) in [5, 5.41) is 3.68. The van der Waals surface area contributed by atoms with Crippen molar-refractivity contribution in [2.75, 3.05) is 11.9 Å². The van der Waals surface area contributed by atoms with Gasteiger partial charge in [0.2, 0.25) is 5.89 Å². The highest BCUT2D eigenvalue weighted by molar-refractivity contribution is 6.29. The lowest BCUT2D eigenvalue weighted by Crippen LogP contribution is -2.05. The molecular formula is C16H13ClFN3O. The van der Waals surface area contributed by atoms with Crippen molar-refractivity contribution in [3.63, 3.8) is 0 Å². The molecule has 1 aromatic carbocycles. The SMILES string of the molecule is Fc1ccc(-c2nc(CCNc3ccnc(Cl)c3)co2)cc1. The van der Waals surface area contributed by atoms with Crippen LogP contribution in [0.15, 0.2) is 53.3 Å². The quantitative estimate of drug-likeness (QED) is 0.717. The molecule has 22 heavy (non-hydrogen) atoms. The van der Waals surface area contributed by atoms with Crippen LogP contribution < -0.4 is 5.32 Å². The Hall–Kier alpha value is -2.40. The minimum Gasteiger partial charge on any atom is -0.444 e. The number of hydrogen-bond acceptors (Lipinski definition) is 4. The van der Waals surface area contributed by atoms with Crippen LogP contribution in [0.2, 0.25) is 5.15 Å². The molecule has 2 aromatic heterocycles. The van der Waals surface area contributed by atoms with Gasteiger partial charge in [-0.1, -0.05) is 11.6 Å². The van der Waals surface area contributed by atoms with Gasteiger partial charge in [0.1, 0.15) is 17.2 Å². The van der Waals surface area contributed by atoms with E-state index in [-0.39, 0.29) is 5.82 Å². The van der Waals surface area contributed by atoms with Gasteiger partial charge >= 0.3 is 0 Å². The molecule has 4 nitrogen and oxygen atoms in total. The van der Waals surface area contributed by atoms with Crippen molar-refractivity contribution in [3.8, 4) is 11.5 Å². The van der Waals surface area contributed by atoms with Gasteiger partial charge < -0.3 is 9.73 Å². The molecule has 0 saturated carbocycles. The Kier molecular flexibility index (Phi) is 4.34. The van der Waals surface area contributed by atoms with E-state index >= 15 is 0 Å². The molecule has 1 N–H and O–H groups in total. The monoisotopic (exact) mass is 317 g/mol. The van der Waals surface area contributed by atoms with Gasteiger partial charge in [-0.05, 0) is 36.4 Å². The molecule has 0 aliphatic heterocycles. The van der Waals surface area contributed by atoms with Crippen molar-refractivity contribution >= 4 is 17.3 Å². The molecular weight excluding hydrogens is 305 g/mol. The maximum absolute atomic E-state index is 12.9. The summed E-state index contributed by atoms with van der Waals surface area (Å²) in [5.74, 6) is 0.206. The van der Waals surface area contributed by atoms with Gasteiger partial charge in [-0.2, -0.15) is 0 Å². The number of nitrogens with one attached hydrogen (secondary N) is 1. The number of anilines is 1. The Balaban J connectivity index is 1.59. The summed E-state index contributed by atoms with van der Waals surface area (Å²) in [6, 6.07) is 9.65. The average Bonchev–Trinajstić information content (AvgIpc) is 2.97. The Morgan fingerprint density at radius 2 is 2.00 bits per heavy atom. The highest BCUT2D eigenvalue weighted by Gasteiger charge is 2.06. The lowest BCUT2D eigenvalue weighted by molar-refractivity contribution is 0.572. The van der Waals surface area contributed by atoms with Crippen LogP contribution in [0.5, 0.6) is 0 Å². The van der Waals surface area contributed by atoms with Gasteiger partial charge in [-0.25, -0.2) is 14.4 Å². The summed E-state index contributed by atoms with van der Waals surface area (Å²) in [4.78, 5) is 8.31. The summed E-state index contributed by atoms with van der Waals surface area (Å²) in [6.45, 7) is 0.690. The molecule has 0 amide bonds. The minimum absolute atomic E-state index is 0.282. The van der Waals surface area contributed by atoms with Crippen LogP contribution in [-0.4, -0.2) is 16.5 Å². The van der Waals surface area contributed by atoms with Crippen LogP contribution in [0.3, 0.4) is 0 Å². The van der Waals surface area contributed by atoms with Crippen LogP contribution in [0.4, 0.5) is 10.1 Å². The molecule has 6 heteroatoms. The Labute approximate surface area is 132 Å². The summed E-state index contributed by atoms with van der Waals surface area (Å²) >= 11 is 5.82. The van der Waals surface area contributed by atoms with Crippen LogP contribution in [-0.2, 0) is 6.42 Å². The molecule has 0 saturated heterocycles. The fourth-order valence-electron chi connectivity index (χ4n) is 1.99. The topological polar surface area (TPSA) is 51.0 Å². The predicted octanol–water partition coefficient (Wildman–Crippen LogP) is 4.18. The summed E-state index contributed by atoms with van der Waals surface area (Å²) < 4.78 is 18.3. The Morgan fingerprint density at radius 1 is 1.18 bits per heavy atom. The molecule has 0 bridgehead atoms. The number of benzene rings is 1. The maximum Gasteiger partial charge on any atom is 0.226 e. The third-order valence-corrected chi connectivity index (χ3v) is 3.29. The van der Waals surface area contributed by atoms with E-state index in [1.54, 1.807) is 30.7 Å². The zero-order valence-electron chi connectivity index (χ0n) is 11.6. The minimum atomic E-state index is -0.282. The van der Waals surface area contributed by atoms with Gasteiger partial charge in [0, 0.05) is 30.4 Å². The summed E-state index contributed by atoms with van der Waals surface area (Å²) in [5.41, 5.74) is 2.48. The van der Waals surface area contributed by atoms with Crippen LogP contribution in [0.1, 0.15) is 5.69 Å². The van der Waals surface area contributed by atoms with Gasteiger partial charge in [0.15, 0.2) is 0 Å². The van der Waals surface area contributed by atoms with Crippen molar-refractivity contribution in [2.24, 2.45) is 0 Å². The molecule has 0 aliphatic rings. The molecule has 0 aliphatic carbocycles. The van der Waals surface area contributed by atoms with E-state index in [9.17, 15) is 4.39 Å². The lowest BCUT2D eigenvalue weighted by Gasteiger charge is -2.04. The molecule has 0 unspecified atom stereocenters. The first-order chi connectivity index (χ1) is 10.7. The van der Waals surface area contributed by atoms with E-state index in [1.807, 2.05) is 6.07 Å². The van der Waals surface area contributed by atoms with E-state index in [4.69, 9.17) is 16.0 Å². The second-order valence-corrected chi connectivity index (χ2v) is 5.08. The lowest BCUT2D eigenvalue weighted by atomic mass is 10.2. The second kappa shape index (κ2) is 6.58. The summed E-state index contributed by atoms with van der Waals surface area (Å²) in [6.07, 6.45) is 3.96. The standard InChI is InChI=1S/C16H13ClFN3O/c17-15-9-13(5-8-20-15)19-7-6-14-10-22-16(21-14)11-1-3-12(18)4-2-11/h1-5,8-10H,6-7H2,(H,19,20). The van der Waals surface area contributed by atoms with Crippen molar-refractivity contribution in [1.82, 2.24) is 9.97 Å². The second-order valence-electron chi connectivity index (χ2n) is 4.69. The fraction of sp³-hybridized carbons (Fsp3) is 0.125. The van der Waals surface area contributed by atoms with Crippen LogP contribution in [0.25, 0.3) is 11.5 Å². The predicted molar refractivity (Wildman–Crippen MR) is 83.3 cm³/mol. The van der Waals surface area contributed by atoms with Gasteiger partial charge in [-0.3, -0.25) is 0 Å². The number of aromatic nitrogens is 2. The molecule has 3 aromatic rings. The zero-order chi connectivity index (χ0) is 15.4. The zero-order valence-corrected chi connectivity index (χ0v) is 12.3. The largest absolute Gasteiger partial charge is 0.444 e. The van der Waals surface area contributed by atoms with Gasteiger partial charge in [0.05, 0.1) is 5.69 Å². The molecule has 3 rings (SSSR count). The first kappa shape index (κ1) is 14.5. The Bertz CT molecular complexity index is 758. The molecule has 0 radical (unpaired) electrons. The van der Waals surface area contributed by atoms with E-state index in [0.29, 0.717) is 24.0 Å². The van der Waals surface area contributed by atoms with Gasteiger partial charge in [-0.15, -0.1) is 0 Å². The fourth-order valence-corrected chi connectivity index (χ4v) is 2.17. The molecule has 0 atom stereocenters. The number of rotatable bonds is 5. The molecule has 2 heterocycles. The van der Waals surface area contributed by atoms with Crippen molar-refractivity contribution in [3.05, 3.63) is 65.5 Å². The van der Waals surface area contributed by atoms with Crippen molar-refractivity contribution in [1.29, 1.82) is 0 Å². The summed E-state index contributed by atoms with van der Waals surface area (Å²) in [7, 11) is 0. The molecule has 0 fully saturated rings. The average molecular weight is 318 g/mol. The maximum atomic E-state index is 12.9. The number of hydrogen-bond donors (Lipinski definition) is 1.